The van der Waals surface area contributed by atoms with Crippen molar-refractivity contribution in [2.24, 2.45) is 0 Å². The van der Waals surface area contributed by atoms with Crippen molar-refractivity contribution in [2.75, 3.05) is 12.4 Å². The number of hydrogen-bond donors (Lipinski definition) is 1. The van der Waals surface area contributed by atoms with Crippen LogP contribution in [0.15, 0.2) is 60.9 Å². The van der Waals surface area contributed by atoms with Gasteiger partial charge < -0.3 is 10.1 Å². The predicted octanol–water partition coefficient (Wildman–Crippen LogP) is 4.06. The van der Waals surface area contributed by atoms with Crippen molar-refractivity contribution in [2.45, 2.75) is 0 Å². The summed E-state index contributed by atoms with van der Waals surface area (Å²) in [6.07, 6.45) is 3.23. The first-order chi connectivity index (χ1) is 11.7. The van der Waals surface area contributed by atoms with Crippen LogP contribution < -0.4 is 10.1 Å². The maximum Gasteiger partial charge on any atom is 0.274 e. The van der Waals surface area contributed by atoms with Crippen LogP contribution in [0, 0.1) is 0 Å². The molecule has 0 spiro atoms. The number of nitrogens with one attached hydrogen (secondary N) is 1. The van der Waals surface area contributed by atoms with Crippen LogP contribution in [0.4, 0.5) is 5.69 Å². The van der Waals surface area contributed by atoms with Gasteiger partial charge in [-0.05, 0) is 36.4 Å². The third kappa shape index (κ3) is 3.36. The van der Waals surface area contributed by atoms with Crippen molar-refractivity contribution in [3.05, 3.63) is 71.6 Å². The van der Waals surface area contributed by atoms with E-state index in [0.29, 0.717) is 22.2 Å². The molecule has 2 aromatic heterocycles. The molecule has 0 atom stereocenters. The van der Waals surface area contributed by atoms with E-state index in [9.17, 15) is 4.79 Å². The average Bonchev–Trinajstić information content (AvgIpc) is 2.63. The maximum atomic E-state index is 12.3. The molecule has 1 aromatic carbocycles. The van der Waals surface area contributed by atoms with Gasteiger partial charge in [-0.25, -0.2) is 0 Å². The molecular weight excluding hydrogens is 326 g/mol. The van der Waals surface area contributed by atoms with E-state index in [1.54, 1.807) is 55.9 Å². The fraction of sp³-hybridized carbons (Fsp3) is 0.0556. The highest BCUT2D eigenvalue weighted by Gasteiger charge is 2.12. The Morgan fingerprint density at radius 3 is 2.62 bits per heavy atom. The van der Waals surface area contributed by atoms with Gasteiger partial charge in [-0.3, -0.25) is 14.8 Å². The van der Waals surface area contributed by atoms with E-state index in [4.69, 9.17) is 16.3 Å². The van der Waals surface area contributed by atoms with Gasteiger partial charge in [-0.1, -0.05) is 23.7 Å². The van der Waals surface area contributed by atoms with Crippen LogP contribution in [-0.4, -0.2) is 23.0 Å². The van der Waals surface area contributed by atoms with E-state index in [-0.39, 0.29) is 11.6 Å². The summed E-state index contributed by atoms with van der Waals surface area (Å²) in [5.74, 6) is 0.265. The number of anilines is 1. The Hall–Kier alpha value is -2.92. The summed E-state index contributed by atoms with van der Waals surface area (Å²) in [6.45, 7) is 0. The van der Waals surface area contributed by atoms with Gasteiger partial charge in [0.1, 0.15) is 11.4 Å². The summed E-state index contributed by atoms with van der Waals surface area (Å²) in [5, 5.41) is 3.31. The van der Waals surface area contributed by atoms with Gasteiger partial charge in [0.25, 0.3) is 5.91 Å². The van der Waals surface area contributed by atoms with Gasteiger partial charge in [0.15, 0.2) is 0 Å². The Balaban J connectivity index is 1.81. The number of pyridine rings is 2. The van der Waals surface area contributed by atoms with Crippen molar-refractivity contribution >= 4 is 23.2 Å². The summed E-state index contributed by atoms with van der Waals surface area (Å²) < 4.78 is 5.21. The van der Waals surface area contributed by atoms with Gasteiger partial charge in [-0.2, -0.15) is 0 Å². The van der Waals surface area contributed by atoms with Crippen LogP contribution in [0.25, 0.3) is 11.3 Å². The van der Waals surface area contributed by atoms with Crippen LogP contribution >= 0.6 is 11.6 Å². The number of aromatic nitrogens is 2. The fourth-order valence-electron chi connectivity index (χ4n) is 2.20. The largest absolute Gasteiger partial charge is 0.495 e. The molecule has 0 radical (unpaired) electrons. The summed E-state index contributed by atoms with van der Waals surface area (Å²) in [4.78, 5) is 20.7. The molecule has 1 N–H and O–H groups in total. The number of carbonyl (C=O) groups is 1. The molecule has 0 unspecified atom stereocenters. The van der Waals surface area contributed by atoms with E-state index in [2.05, 4.69) is 15.3 Å². The van der Waals surface area contributed by atoms with Crippen molar-refractivity contribution < 1.29 is 9.53 Å². The number of nitrogens with zero attached hydrogens (tertiary/aromatic N) is 2. The minimum atomic E-state index is -0.321. The molecule has 24 heavy (non-hydrogen) atoms. The van der Waals surface area contributed by atoms with Crippen molar-refractivity contribution in [3.63, 3.8) is 0 Å². The Kier molecular flexibility index (Phi) is 4.72. The molecule has 0 bridgehead atoms. The fourth-order valence-corrected chi connectivity index (χ4v) is 2.43. The summed E-state index contributed by atoms with van der Waals surface area (Å²) in [6, 6.07) is 14.1. The molecule has 3 aromatic rings. The lowest BCUT2D eigenvalue weighted by molar-refractivity contribution is 0.102. The molecule has 0 aliphatic heterocycles. The molecule has 0 saturated heterocycles. The quantitative estimate of drug-likeness (QED) is 0.778. The number of methoxy groups -OCH3 is 1. The molecular formula is C18H14ClN3O2. The normalized spacial score (nSPS) is 10.2. The lowest BCUT2D eigenvalue weighted by Crippen LogP contribution is -2.14. The van der Waals surface area contributed by atoms with Crippen molar-refractivity contribution in [1.82, 2.24) is 9.97 Å². The SMILES string of the molecule is COc1ccccc1NC(=O)c1ccc(-c2ncccc2Cl)cn1. The summed E-state index contributed by atoms with van der Waals surface area (Å²) in [7, 11) is 1.55. The zero-order chi connectivity index (χ0) is 16.9. The molecule has 0 aliphatic carbocycles. The number of halogens is 1. The predicted molar refractivity (Wildman–Crippen MR) is 93.4 cm³/mol. The lowest BCUT2D eigenvalue weighted by Gasteiger charge is -2.09. The number of benzene rings is 1. The average molecular weight is 340 g/mol. The second-order valence-corrected chi connectivity index (χ2v) is 5.33. The van der Waals surface area contributed by atoms with E-state index >= 15 is 0 Å². The minimum absolute atomic E-state index is 0.289. The Bertz CT molecular complexity index is 866. The second-order valence-electron chi connectivity index (χ2n) is 4.92. The molecule has 2 heterocycles. The molecule has 3 rings (SSSR count). The Morgan fingerprint density at radius 1 is 1.08 bits per heavy atom. The Morgan fingerprint density at radius 2 is 1.92 bits per heavy atom. The van der Waals surface area contributed by atoms with Crippen LogP contribution in [0.3, 0.4) is 0 Å². The number of ether oxygens (including phenoxy) is 1. The highest BCUT2D eigenvalue weighted by atomic mass is 35.5. The smallest absolute Gasteiger partial charge is 0.274 e. The monoisotopic (exact) mass is 339 g/mol. The molecule has 0 fully saturated rings. The molecule has 1 amide bonds. The van der Waals surface area contributed by atoms with E-state index in [0.717, 1.165) is 5.56 Å². The molecule has 5 nitrogen and oxygen atoms in total. The number of carbonyl (C=O) groups excluding carboxylic acids is 1. The summed E-state index contributed by atoms with van der Waals surface area (Å²) >= 11 is 6.12. The highest BCUT2D eigenvalue weighted by Crippen LogP contribution is 2.25. The van der Waals surface area contributed by atoms with E-state index in [1.165, 1.54) is 0 Å². The van der Waals surface area contributed by atoms with Crippen LogP contribution in [-0.2, 0) is 0 Å². The second kappa shape index (κ2) is 7.10. The standard InChI is InChI=1S/C18H14ClN3O2/c1-24-16-7-3-2-6-14(16)22-18(23)15-9-8-12(11-21-15)17-13(19)5-4-10-20-17/h2-11H,1H3,(H,22,23). The highest BCUT2D eigenvalue weighted by molar-refractivity contribution is 6.33. The van der Waals surface area contributed by atoms with Crippen molar-refractivity contribution in [1.29, 1.82) is 0 Å². The third-order valence-corrected chi connectivity index (χ3v) is 3.69. The van der Waals surface area contributed by atoms with Gasteiger partial charge >= 0.3 is 0 Å². The van der Waals surface area contributed by atoms with Crippen LogP contribution in [0.5, 0.6) is 5.75 Å². The topological polar surface area (TPSA) is 64.1 Å². The van der Waals surface area contributed by atoms with Gasteiger partial charge in [0.05, 0.1) is 23.5 Å². The number of rotatable bonds is 4. The zero-order valence-electron chi connectivity index (χ0n) is 12.9. The van der Waals surface area contributed by atoms with E-state index < -0.39 is 0 Å². The molecule has 0 aliphatic rings. The van der Waals surface area contributed by atoms with E-state index in [1.807, 2.05) is 12.1 Å². The van der Waals surface area contributed by atoms with Gasteiger partial charge in [0.2, 0.25) is 0 Å². The number of hydrogen-bond acceptors (Lipinski definition) is 4. The first-order valence-electron chi connectivity index (χ1n) is 7.20. The number of amides is 1. The third-order valence-electron chi connectivity index (χ3n) is 3.38. The molecule has 0 saturated carbocycles. The number of para-hydroxylation sites is 2. The maximum absolute atomic E-state index is 12.3. The van der Waals surface area contributed by atoms with Crippen LogP contribution in [0.1, 0.15) is 10.5 Å². The minimum Gasteiger partial charge on any atom is -0.495 e. The first-order valence-corrected chi connectivity index (χ1v) is 7.58. The molecule has 120 valence electrons. The lowest BCUT2D eigenvalue weighted by atomic mass is 10.1. The first kappa shape index (κ1) is 16.0. The van der Waals surface area contributed by atoms with Gasteiger partial charge in [-0.15, -0.1) is 0 Å². The Labute approximate surface area is 144 Å². The van der Waals surface area contributed by atoms with Gasteiger partial charge in [0, 0.05) is 18.0 Å². The molecule has 6 heteroatoms. The zero-order valence-corrected chi connectivity index (χ0v) is 13.6. The van der Waals surface area contributed by atoms with Crippen LogP contribution in [0.2, 0.25) is 5.02 Å². The summed E-state index contributed by atoms with van der Waals surface area (Å²) in [5.41, 5.74) is 2.25. The van der Waals surface area contributed by atoms with Crippen molar-refractivity contribution in [3.8, 4) is 17.0 Å².